The van der Waals surface area contributed by atoms with Crippen LogP contribution in [0.4, 0.5) is 0 Å². The van der Waals surface area contributed by atoms with Crippen molar-refractivity contribution in [1.29, 1.82) is 0 Å². The van der Waals surface area contributed by atoms with Gasteiger partial charge in [0.15, 0.2) is 0 Å². The maximum atomic E-state index is 11.1. The standard InChI is InChI=1S/C8H16N2O.ClH/c1-6-4-9-5-7(2)10(6)8(3)11;/h6-7,9H,4-5H2,1-3H3;1H. The molecule has 0 aromatic rings. The summed E-state index contributed by atoms with van der Waals surface area (Å²) in [6, 6.07) is 0.687. The zero-order chi connectivity index (χ0) is 8.43. The van der Waals surface area contributed by atoms with Crippen LogP contribution in [-0.4, -0.2) is 36.0 Å². The van der Waals surface area contributed by atoms with E-state index in [1.54, 1.807) is 6.92 Å². The second-order valence-corrected chi connectivity index (χ2v) is 3.28. The molecule has 1 N–H and O–H groups in total. The number of carbonyl (C=O) groups is 1. The fourth-order valence-electron chi connectivity index (χ4n) is 1.75. The van der Waals surface area contributed by atoms with E-state index >= 15 is 0 Å². The molecule has 1 aliphatic rings. The summed E-state index contributed by atoms with van der Waals surface area (Å²) < 4.78 is 0. The van der Waals surface area contributed by atoms with Gasteiger partial charge in [0, 0.05) is 32.1 Å². The van der Waals surface area contributed by atoms with Crippen molar-refractivity contribution >= 4 is 18.3 Å². The molecule has 1 rings (SSSR count). The first-order valence-electron chi connectivity index (χ1n) is 4.12. The number of nitrogens with zero attached hydrogens (tertiary/aromatic N) is 1. The molecule has 0 spiro atoms. The van der Waals surface area contributed by atoms with Crippen LogP contribution < -0.4 is 5.32 Å². The van der Waals surface area contributed by atoms with Gasteiger partial charge in [-0.3, -0.25) is 4.79 Å². The van der Waals surface area contributed by atoms with E-state index in [-0.39, 0.29) is 18.3 Å². The van der Waals surface area contributed by atoms with Crippen LogP contribution >= 0.6 is 12.4 Å². The highest BCUT2D eigenvalue weighted by molar-refractivity contribution is 5.85. The van der Waals surface area contributed by atoms with Gasteiger partial charge in [0.05, 0.1) is 0 Å². The Morgan fingerprint density at radius 1 is 1.33 bits per heavy atom. The maximum absolute atomic E-state index is 11.1. The number of hydrogen-bond donors (Lipinski definition) is 1. The van der Waals surface area contributed by atoms with Gasteiger partial charge in [-0.05, 0) is 13.8 Å². The second-order valence-electron chi connectivity index (χ2n) is 3.28. The van der Waals surface area contributed by atoms with Gasteiger partial charge >= 0.3 is 0 Å². The van der Waals surface area contributed by atoms with Gasteiger partial charge in [-0.2, -0.15) is 0 Å². The molecule has 0 saturated carbocycles. The average molecular weight is 193 g/mol. The first-order valence-corrected chi connectivity index (χ1v) is 4.12. The second kappa shape index (κ2) is 4.67. The summed E-state index contributed by atoms with van der Waals surface area (Å²) in [6.07, 6.45) is 0. The number of nitrogens with one attached hydrogen (secondary N) is 1. The predicted molar refractivity (Wildman–Crippen MR) is 51.6 cm³/mol. The first-order chi connectivity index (χ1) is 5.13. The van der Waals surface area contributed by atoms with Gasteiger partial charge in [0.2, 0.25) is 5.91 Å². The molecule has 0 aromatic heterocycles. The molecule has 1 fully saturated rings. The summed E-state index contributed by atoms with van der Waals surface area (Å²) in [6.45, 7) is 7.63. The Hall–Kier alpha value is -0.280. The number of hydrogen-bond acceptors (Lipinski definition) is 2. The Balaban J connectivity index is 0.00000121. The molecular weight excluding hydrogens is 176 g/mol. The van der Waals surface area contributed by atoms with Gasteiger partial charge in [0.1, 0.15) is 0 Å². The molecule has 1 aliphatic heterocycles. The van der Waals surface area contributed by atoms with Crippen LogP contribution in [0.1, 0.15) is 20.8 Å². The van der Waals surface area contributed by atoms with E-state index < -0.39 is 0 Å². The van der Waals surface area contributed by atoms with Gasteiger partial charge in [-0.25, -0.2) is 0 Å². The van der Waals surface area contributed by atoms with Crippen LogP contribution in [0.15, 0.2) is 0 Å². The molecule has 12 heavy (non-hydrogen) atoms. The largest absolute Gasteiger partial charge is 0.335 e. The van der Waals surface area contributed by atoms with Crippen molar-refractivity contribution in [3.8, 4) is 0 Å². The number of carbonyl (C=O) groups excluding carboxylic acids is 1. The molecule has 2 atom stereocenters. The molecule has 3 nitrogen and oxygen atoms in total. The van der Waals surface area contributed by atoms with Crippen molar-refractivity contribution in [2.45, 2.75) is 32.9 Å². The quantitative estimate of drug-likeness (QED) is 0.611. The van der Waals surface area contributed by atoms with Crippen molar-refractivity contribution in [2.24, 2.45) is 0 Å². The molecule has 0 radical (unpaired) electrons. The monoisotopic (exact) mass is 192 g/mol. The van der Waals surface area contributed by atoms with Crippen LogP contribution in [0.5, 0.6) is 0 Å². The molecule has 4 heteroatoms. The molecule has 0 aromatic carbocycles. The zero-order valence-electron chi connectivity index (χ0n) is 7.83. The van der Waals surface area contributed by atoms with Gasteiger partial charge in [-0.1, -0.05) is 0 Å². The van der Waals surface area contributed by atoms with Gasteiger partial charge in [-0.15, -0.1) is 12.4 Å². The fourth-order valence-corrected chi connectivity index (χ4v) is 1.75. The highest BCUT2D eigenvalue weighted by atomic mass is 35.5. The van der Waals surface area contributed by atoms with Crippen molar-refractivity contribution in [3.63, 3.8) is 0 Å². The van der Waals surface area contributed by atoms with Crippen LogP contribution in [0.25, 0.3) is 0 Å². The third kappa shape index (κ3) is 2.35. The van der Waals surface area contributed by atoms with E-state index in [1.807, 2.05) is 4.90 Å². The number of piperazine rings is 1. The molecule has 1 amide bonds. The summed E-state index contributed by atoms with van der Waals surface area (Å²) in [5, 5.41) is 3.28. The summed E-state index contributed by atoms with van der Waals surface area (Å²) in [7, 11) is 0. The SMILES string of the molecule is CC(=O)N1C(C)CNCC1C.Cl. The predicted octanol–water partition coefficient (Wildman–Crippen LogP) is 0.637. The van der Waals surface area contributed by atoms with E-state index in [9.17, 15) is 4.79 Å². The lowest BCUT2D eigenvalue weighted by molar-refractivity contribution is -0.134. The van der Waals surface area contributed by atoms with E-state index in [1.165, 1.54) is 0 Å². The number of halogens is 1. The number of rotatable bonds is 0. The van der Waals surface area contributed by atoms with Crippen molar-refractivity contribution in [3.05, 3.63) is 0 Å². The summed E-state index contributed by atoms with van der Waals surface area (Å²) in [5.74, 6) is 0.187. The normalized spacial score (nSPS) is 29.4. The number of amides is 1. The third-order valence-electron chi connectivity index (χ3n) is 2.19. The Bertz CT molecular complexity index is 153. The lowest BCUT2D eigenvalue weighted by Crippen LogP contribution is -2.56. The summed E-state index contributed by atoms with van der Waals surface area (Å²) in [4.78, 5) is 13.1. The average Bonchev–Trinajstić information content (AvgIpc) is 1.85. The minimum atomic E-state index is 0. The molecule has 0 aliphatic carbocycles. The van der Waals surface area contributed by atoms with Crippen LogP contribution in [0, 0.1) is 0 Å². The van der Waals surface area contributed by atoms with Crippen molar-refractivity contribution in [2.75, 3.05) is 13.1 Å². The lowest BCUT2D eigenvalue weighted by Gasteiger charge is -2.38. The first kappa shape index (κ1) is 11.7. The van der Waals surface area contributed by atoms with Crippen molar-refractivity contribution in [1.82, 2.24) is 10.2 Å². The molecule has 1 saturated heterocycles. The van der Waals surface area contributed by atoms with Crippen molar-refractivity contribution < 1.29 is 4.79 Å². The van der Waals surface area contributed by atoms with E-state index in [2.05, 4.69) is 19.2 Å². The highest BCUT2D eigenvalue weighted by Gasteiger charge is 2.25. The van der Waals surface area contributed by atoms with E-state index in [0.717, 1.165) is 13.1 Å². The lowest BCUT2D eigenvalue weighted by atomic mass is 10.1. The Morgan fingerprint density at radius 2 is 1.75 bits per heavy atom. The summed E-state index contributed by atoms with van der Waals surface area (Å²) >= 11 is 0. The maximum Gasteiger partial charge on any atom is 0.220 e. The summed E-state index contributed by atoms with van der Waals surface area (Å²) in [5.41, 5.74) is 0. The van der Waals surface area contributed by atoms with Crippen LogP contribution in [0.3, 0.4) is 0 Å². The Kier molecular flexibility index (Phi) is 4.57. The molecule has 2 unspecified atom stereocenters. The highest BCUT2D eigenvalue weighted by Crippen LogP contribution is 2.08. The third-order valence-corrected chi connectivity index (χ3v) is 2.19. The van der Waals surface area contributed by atoms with E-state index in [0.29, 0.717) is 12.1 Å². The Labute approximate surface area is 79.9 Å². The fraction of sp³-hybridized carbons (Fsp3) is 0.875. The van der Waals surface area contributed by atoms with Crippen LogP contribution in [-0.2, 0) is 4.79 Å². The van der Waals surface area contributed by atoms with Gasteiger partial charge < -0.3 is 10.2 Å². The van der Waals surface area contributed by atoms with E-state index in [4.69, 9.17) is 0 Å². The minimum Gasteiger partial charge on any atom is -0.335 e. The smallest absolute Gasteiger partial charge is 0.220 e. The Morgan fingerprint density at radius 3 is 2.00 bits per heavy atom. The molecular formula is C8H17ClN2O. The van der Waals surface area contributed by atoms with Crippen LogP contribution in [0.2, 0.25) is 0 Å². The molecule has 72 valence electrons. The minimum absolute atomic E-state index is 0. The topological polar surface area (TPSA) is 32.3 Å². The molecule has 1 heterocycles. The zero-order valence-corrected chi connectivity index (χ0v) is 8.65. The molecule has 0 bridgehead atoms. The van der Waals surface area contributed by atoms with Gasteiger partial charge in [0.25, 0.3) is 0 Å².